The minimum Gasteiger partial charge on any atom is -0.378 e. The highest BCUT2D eigenvalue weighted by Crippen LogP contribution is 2.25. The minimum atomic E-state index is -0.339. The molecule has 2 aromatic heterocycles. The molecule has 2 saturated heterocycles. The molecule has 1 aromatic carbocycles. The summed E-state index contributed by atoms with van der Waals surface area (Å²) in [6, 6.07) is 9.72. The fraction of sp³-hybridized carbons (Fsp3) is 0.375. The van der Waals surface area contributed by atoms with E-state index in [0.29, 0.717) is 56.5 Å². The fourth-order valence-electron chi connectivity index (χ4n) is 4.56. The molecule has 1 atom stereocenters. The first-order valence-corrected chi connectivity index (χ1v) is 11.2. The van der Waals surface area contributed by atoms with Crippen LogP contribution in [0.5, 0.6) is 0 Å². The second-order valence-corrected chi connectivity index (χ2v) is 8.39. The van der Waals surface area contributed by atoms with Crippen molar-refractivity contribution in [1.29, 1.82) is 0 Å². The van der Waals surface area contributed by atoms with Gasteiger partial charge in [-0.15, -0.1) is 0 Å². The van der Waals surface area contributed by atoms with Gasteiger partial charge in [-0.1, -0.05) is 0 Å². The highest BCUT2D eigenvalue weighted by molar-refractivity contribution is 5.97. The highest BCUT2D eigenvalue weighted by Gasteiger charge is 2.33. The molecule has 9 heteroatoms. The maximum Gasteiger partial charge on any atom is 0.259 e. The van der Waals surface area contributed by atoms with Gasteiger partial charge in [0.1, 0.15) is 11.4 Å². The number of carbonyl (C=O) groups is 2. The average molecular weight is 452 g/mol. The smallest absolute Gasteiger partial charge is 0.259 e. The van der Waals surface area contributed by atoms with Crippen LogP contribution in [0.15, 0.2) is 55.0 Å². The summed E-state index contributed by atoms with van der Waals surface area (Å²) in [5.74, 6) is -0.0230. The standard InChI is InChI=1S/C24H26FN5O3/c25-19-5-7-20(8-6-19)30-22(27-9-1-2-10-27)21(16-26-30)24(32)29-11-3-4-18(17-29)23(31)28-12-14-33-15-13-28/h1-2,5-10,16,18H,3-4,11-15,17H2/t18-/m1/s1. The molecule has 8 nitrogen and oxygen atoms in total. The Kier molecular flexibility index (Phi) is 5.95. The van der Waals surface area contributed by atoms with Crippen LogP contribution in [0, 0.1) is 11.7 Å². The molecular weight excluding hydrogens is 425 g/mol. The van der Waals surface area contributed by atoms with Gasteiger partial charge in [0.15, 0.2) is 5.82 Å². The van der Waals surface area contributed by atoms with E-state index in [1.54, 1.807) is 27.9 Å². The zero-order chi connectivity index (χ0) is 22.8. The molecule has 0 N–H and O–H groups in total. The number of ether oxygens (including phenoxy) is 1. The fourth-order valence-corrected chi connectivity index (χ4v) is 4.56. The molecule has 0 bridgehead atoms. The first-order chi connectivity index (χ1) is 16.1. The first kappa shape index (κ1) is 21.4. The van der Waals surface area contributed by atoms with Crippen LogP contribution in [0.1, 0.15) is 23.2 Å². The van der Waals surface area contributed by atoms with Gasteiger partial charge in [-0.3, -0.25) is 9.59 Å². The number of amides is 2. The van der Waals surface area contributed by atoms with Crippen molar-refractivity contribution < 1.29 is 18.7 Å². The van der Waals surface area contributed by atoms with E-state index in [1.165, 1.54) is 12.1 Å². The highest BCUT2D eigenvalue weighted by atomic mass is 19.1. The van der Waals surface area contributed by atoms with E-state index in [0.717, 1.165) is 12.8 Å². The quantitative estimate of drug-likeness (QED) is 0.611. The predicted octanol–water partition coefficient (Wildman–Crippen LogP) is 2.51. The molecule has 2 amide bonds. The molecule has 33 heavy (non-hydrogen) atoms. The summed E-state index contributed by atoms with van der Waals surface area (Å²) in [7, 11) is 0. The van der Waals surface area contributed by atoms with Crippen LogP contribution < -0.4 is 0 Å². The number of rotatable bonds is 4. The summed E-state index contributed by atoms with van der Waals surface area (Å²) in [6.07, 6.45) is 6.79. The Morgan fingerprint density at radius 1 is 1.00 bits per heavy atom. The second kappa shape index (κ2) is 9.19. The van der Waals surface area contributed by atoms with Gasteiger partial charge in [-0.05, 0) is 49.2 Å². The molecule has 2 aliphatic rings. The van der Waals surface area contributed by atoms with Crippen molar-refractivity contribution in [2.75, 3.05) is 39.4 Å². The van der Waals surface area contributed by atoms with E-state index in [-0.39, 0.29) is 23.5 Å². The third kappa shape index (κ3) is 4.28. The van der Waals surface area contributed by atoms with Gasteiger partial charge in [-0.2, -0.15) is 5.10 Å². The summed E-state index contributed by atoms with van der Waals surface area (Å²) < 4.78 is 22.3. The number of hydrogen-bond acceptors (Lipinski definition) is 4. The van der Waals surface area contributed by atoms with Gasteiger partial charge in [-0.25, -0.2) is 9.07 Å². The Bertz CT molecular complexity index is 1120. The molecule has 5 rings (SSSR count). The topological polar surface area (TPSA) is 72.6 Å². The Morgan fingerprint density at radius 2 is 1.73 bits per heavy atom. The molecule has 0 unspecified atom stereocenters. The van der Waals surface area contributed by atoms with Crippen molar-refractivity contribution in [3.05, 3.63) is 66.4 Å². The largest absolute Gasteiger partial charge is 0.378 e. The first-order valence-electron chi connectivity index (χ1n) is 11.2. The number of aromatic nitrogens is 3. The summed E-state index contributed by atoms with van der Waals surface area (Å²) in [5.41, 5.74) is 1.09. The van der Waals surface area contributed by atoms with E-state index in [1.807, 2.05) is 34.0 Å². The Hall–Kier alpha value is -3.46. The number of likely N-dealkylation sites (tertiary alicyclic amines) is 1. The SMILES string of the molecule is O=C(c1cnn(-c2ccc(F)cc2)c1-n1cccc1)N1CCC[C@@H](C(=O)N2CCOCC2)C1. The van der Waals surface area contributed by atoms with Crippen LogP contribution in [-0.2, 0) is 9.53 Å². The Labute approximate surface area is 191 Å². The van der Waals surface area contributed by atoms with Crippen LogP contribution in [0.25, 0.3) is 11.5 Å². The van der Waals surface area contributed by atoms with Crippen molar-refractivity contribution in [2.24, 2.45) is 5.92 Å². The lowest BCUT2D eigenvalue weighted by molar-refractivity contribution is -0.141. The molecule has 0 radical (unpaired) electrons. The lowest BCUT2D eigenvalue weighted by atomic mass is 9.96. The number of halogens is 1. The molecule has 0 spiro atoms. The van der Waals surface area contributed by atoms with Crippen molar-refractivity contribution in [3.63, 3.8) is 0 Å². The van der Waals surface area contributed by atoms with Crippen LogP contribution in [0.2, 0.25) is 0 Å². The van der Waals surface area contributed by atoms with Gasteiger partial charge in [0, 0.05) is 38.6 Å². The maximum atomic E-state index is 13.6. The summed E-state index contributed by atoms with van der Waals surface area (Å²) in [6.45, 7) is 3.31. The average Bonchev–Trinajstić information content (AvgIpc) is 3.54. The molecule has 172 valence electrons. The molecule has 0 aliphatic carbocycles. The minimum absolute atomic E-state index is 0.100. The van der Waals surface area contributed by atoms with Gasteiger partial charge in [0.05, 0.1) is 31.0 Å². The number of carbonyl (C=O) groups excluding carboxylic acids is 2. The van der Waals surface area contributed by atoms with Gasteiger partial charge >= 0.3 is 0 Å². The van der Waals surface area contributed by atoms with Gasteiger partial charge in [0.25, 0.3) is 5.91 Å². The van der Waals surface area contributed by atoms with E-state index in [2.05, 4.69) is 5.10 Å². The van der Waals surface area contributed by atoms with E-state index in [9.17, 15) is 14.0 Å². The van der Waals surface area contributed by atoms with Crippen LogP contribution in [0.3, 0.4) is 0 Å². The molecule has 2 aliphatic heterocycles. The normalized spacial score (nSPS) is 19.0. The van der Waals surface area contributed by atoms with E-state index >= 15 is 0 Å². The van der Waals surface area contributed by atoms with Crippen molar-refractivity contribution >= 4 is 11.8 Å². The molecule has 4 heterocycles. The van der Waals surface area contributed by atoms with Gasteiger partial charge in [0.2, 0.25) is 5.91 Å². The predicted molar refractivity (Wildman–Crippen MR) is 119 cm³/mol. The third-order valence-electron chi connectivity index (χ3n) is 6.28. The Balaban J connectivity index is 1.42. The molecule has 0 saturated carbocycles. The zero-order valence-electron chi connectivity index (χ0n) is 18.3. The van der Waals surface area contributed by atoms with E-state index in [4.69, 9.17) is 4.74 Å². The van der Waals surface area contributed by atoms with Gasteiger partial charge < -0.3 is 19.1 Å². The van der Waals surface area contributed by atoms with Crippen molar-refractivity contribution in [2.45, 2.75) is 12.8 Å². The number of benzene rings is 1. The summed E-state index contributed by atoms with van der Waals surface area (Å²) in [5, 5.41) is 4.45. The lowest BCUT2D eigenvalue weighted by Crippen LogP contribution is -2.49. The number of nitrogens with zero attached hydrogens (tertiary/aromatic N) is 5. The summed E-state index contributed by atoms with van der Waals surface area (Å²) in [4.78, 5) is 30.2. The lowest BCUT2D eigenvalue weighted by Gasteiger charge is -2.36. The van der Waals surface area contributed by atoms with Crippen LogP contribution in [-0.4, -0.2) is 75.4 Å². The molecular formula is C24H26FN5O3. The number of hydrogen-bond donors (Lipinski definition) is 0. The zero-order valence-corrected chi connectivity index (χ0v) is 18.3. The van der Waals surface area contributed by atoms with Crippen molar-refractivity contribution in [3.8, 4) is 11.5 Å². The van der Waals surface area contributed by atoms with E-state index < -0.39 is 0 Å². The molecule has 3 aromatic rings. The second-order valence-electron chi connectivity index (χ2n) is 8.39. The number of piperidine rings is 1. The molecule has 2 fully saturated rings. The van der Waals surface area contributed by atoms with Crippen LogP contribution >= 0.6 is 0 Å². The summed E-state index contributed by atoms with van der Waals surface area (Å²) >= 11 is 0. The maximum absolute atomic E-state index is 13.6. The van der Waals surface area contributed by atoms with Crippen LogP contribution in [0.4, 0.5) is 4.39 Å². The number of morpholine rings is 1. The van der Waals surface area contributed by atoms with Crippen molar-refractivity contribution in [1.82, 2.24) is 24.1 Å². The third-order valence-corrected chi connectivity index (χ3v) is 6.28. The monoisotopic (exact) mass is 451 g/mol. The Morgan fingerprint density at radius 3 is 2.45 bits per heavy atom.